The average molecular weight is 432 g/mol. The fourth-order valence-electron chi connectivity index (χ4n) is 3.81. The number of nitrogens with zero attached hydrogens (tertiary/aromatic N) is 4. The number of piperazine rings is 1. The number of morpholine rings is 1. The molecule has 3 rings (SSSR count). The van der Waals surface area contributed by atoms with Crippen LogP contribution in [0.4, 0.5) is 0 Å². The predicted molar refractivity (Wildman–Crippen MR) is 123 cm³/mol. The van der Waals surface area contributed by atoms with Crippen molar-refractivity contribution < 1.29 is 14.3 Å². The number of rotatable bonds is 7. The Bertz CT molecular complexity index is 728. The highest BCUT2D eigenvalue weighted by molar-refractivity contribution is 5.80. The molecule has 8 nitrogen and oxygen atoms in total. The lowest BCUT2D eigenvalue weighted by Gasteiger charge is -2.37. The summed E-state index contributed by atoms with van der Waals surface area (Å²) in [6.45, 7) is 14.2. The van der Waals surface area contributed by atoms with Crippen LogP contribution < -0.4 is 10.1 Å². The normalized spacial score (nSPS) is 19.3. The van der Waals surface area contributed by atoms with E-state index < -0.39 is 0 Å². The summed E-state index contributed by atoms with van der Waals surface area (Å²) in [5.74, 6) is 2.04. The van der Waals surface area contributed by atoms with Crippen molar-refractivity contribution >= 4 is 11.9 Å². The Balaban J connectivity index is 1.47. The number of aliphatic imine (C=N–C) groups is 1. The lowest BCUT2D eigenvalue weighted by atomic mass is 10.2. The maximum absolute atomic E-state index is 12.5. The molecule has 1 aromatic rings. The molecule has 0 aliphatic carbocycles. The van der Waals surface area contributed by atoms with Crippen LogP contribution in [0, 0.1) is 6.92 Å². The molecule has 0 aromatic heterocycles. The Kier molecular flexibility index (Phi) is 8.97. The Morgan fingerprint density at radius 3 is 2.52 bits per heavy atom. The fraction of sp³-hybridized carbons (Fsp3) is 0.652. The molecule has 0 radical (unpaired) electrons. The van der Waals surface area contributed by atoms with Gasteiger partial charge in [-0.15, -0.1) is 0 Å². The molecule has 2 saturated heterocycles. The lowest BCUT2D eigenvalue weighted by molar-refractivity contribution is -0.136. The number of guanidine groups is 1. The first kappa shape index (κ1) is 23.3. The first-order valence-electron chi connectivity index (χ1n) is 11.4. The van der Waals surface area contributed by atoms with E-state index in [-0.39, 0.29) is 12.0 Å². The summed E-state index contributed by atoms with van der Waals surface area (Å²) in [4.78, 5) is 23.8. The summed E-state index contributed by atoms with van der Waals surface area (Å²) in [6, 6.07) is 8.06. The van der Waals surface area contributed by atoms with E-state index in [0.29, 0.717) is 39.4 Å². The summed E-state index contributed by atoms with van der Waals surface area (Å²) in [6.07, 6.45) is -0.0119. The second kappa shape index (κ2) is 11.9. The van der Waals surface area contributed by atoms with Crippen LogP contribution in [-0.4, -0.2) is 105 Å². The molecule has 8 heteroatoms. The third kappa shape index (κ3) is 7.11. The van der Waals surface area contributed by atoms with Gasteiger partial charge in [-0.25, -0.2) is 4.99 Å². The van der Waals surface area contributed by atoms with Crippen LogP contribution >= 0.6 is 0 Å². The third-order valence-corrected chi connectivity index (χ3v) is 5.65. The van der Waals surface area contributed by atoms with Gasteiger partial charge in [0.15, 0.2) is 5.96 Å². The van der Waals surface area contributed by atoms with Gasteiger partial charge in [-0.05, 0) is 32.4 Å². The SMILES string of the molecule is CCNC(=NCC(C)Oc1ccccc1C)N1CCN(CC(=O)N2CCOCC2)CC1. The van der Waals surface area contributed by atoms with Crippen molar-refractivity contribution in [1.82, 2.24) is 20.0 Å². The summed E-state index contributed by atoms with van der Waals surface area (Å²) < 4.78 is 11.4. The van der Waals surface area contributed by atoms with Gasteiger partial charge in [0.1, 0.15) is 11.9 Å². The Hall–Kier alpha value is -2.32. The smallest absolute Gasteiger partial charge is 0.236 e. The minimum atomic E-state index is -0.0119. The zero-order valence-electron chi connectivity index (χ0n) is 19.2. The van der Waals surface area contributed by atoms with Gasteiger partial charge < -0.3 is 24.6 Å². The summed E-state index contributed by atoms with van der Waals surface area (Å²) >= 11 is 0. The van der Waals surface area contributed by atoms with E-state index in [9.17, 15) is 4.79 Å². The molecule has 31 heavy (non-hydrogen) atoms. The highest BCUT2D eigenvalue weighted by Gasteiger charge is 2.24. The Labute approximate surface area is 186 Å². The molecule has 1 atom stereocenters. The molecule has 2 fully saturated rings. The number of aryl methyl sites for hydroxylation is 1. The van der Waals surface area contributed by atoms with Crippen LogP contribution in [0.2, 0.25) is 0 Å². The van der Waals surface area contributed by atoms with Crippen molar-refractivity contribution in [1.29, 1.82) is 0 Å². The van der Waals surface area contributed by atoms with Gasteiger partial charge in [0.05, 0.1) is 26.3 Å². The maximum atomic E-state index is 12.5. The number of carbonyl (C=O) groups is 1. The predicted octanol–water partition coefficient (Wildman–Crippen LogP) is 1.20. The highest BCUT2D eigenvalue weighted by Crippen LogP contribution is 2.17. The molecule has 1 amide bonds. The number of benzene rings is 1. The molecule has 1 unspecified atom stereocenters. The molecule has 172 valence electrons. The average Bonchev–Trinajstić information content (AvgIpc) is 2.79. The standard InChI is InChI=1S/C23H37N5O3/c1-4-24-23(25-17-20(3)31-21-8-6-5-7-19(21)2)28-11-9-26(10-12-28)18-22(29)27-13-15-30-16-14-27/h5-8,20H,4,9-18H2,1-3H3,(H,24,25). The molecule has 0 saturated carbocycles. The van der Waals surface area contributed by atoms with Crippen molar-refractivity contribution in [2.75, 3.05) is 72.1 Å². The maximum Gasteiger partial charge on any atom is 0.236 e. The second-order valence-corrected chi connectivity index (χ2v) is 8.14. The largest absolute Gasteiger partial charge is 0.489 e. The minimum Gasteiger partial charge on any atom is -0.489 e. The first-order chi connectivity index (χ1) is 15.1. The van der Waals surface area contributed by atoms with Gasteiger partial charge in [0.25, 0.3) is 0 Å². The van der Waals surface area contributed by atoms with Gasteiger partial charge in [-0.2, -0.15) is 0 Å². The van der Waals surface area contributed by atoms with E-state index in [4.69, 9.17) is 14.5 Å². The summed E-state index contributed by atoms with van der Waals surface area (Å²) in [7, 11) is 0. The van der Waals surface area contributed by atoms with E-state index in [1.165, 1.54) is 0 Å². The monoisotopic (exact) mass is 431 g/mol. The van der Waals surface area contributed by atoms with E-state index in [1.807, 2.05) is 23.1 Å². The van der Waals surface area contributed by atoms with E-state index in [2.05, 4.69) is 42.0 Å². The number of para-hydroxylation sites is 1. The van der Waals surface area contributed by atoms with Crippen molar-refractivity contribution in [3.05, 3.63) is 29.8 Å². The summed E-state index contributed by atoms with van der Waals surface area (Å²) in [5, 5.41) is 3.40. The molecule has 2 aliphatic heterocycles. The number of hydrogen-bond donors (Lipinski definition) is 1. The van der Waals surface area contributed by atoms with Gasteiger partial charge in [-0.1, -0.05) is 18.2 Å². The van der Waals surface area contributed by atoms with Crippen LogP contribution in [0.5, 0.6) is 5.75 Å². The number of nitrogens with one attached hydrogen (secondary N) is 1. The molecule has 2 heterocycles. The van der Waals surface area contributed by atoms with Crippen molar-refractivity contribution in [2.24, 2.45) is 4.99 Å². The number of ether oxygens (including phenoxy) is 2. The van der Waals surface area contributed by atoms with Crippen LogP contribution in [0.15, 0.2) is 29.3 Å². The zero-order valence-corrected chi connectivity index (χ0v) is 19.2. The van der Waals surface area contributed by atoms with Gasteiger partial charge in [0.2, 0.25) is 5.91 Å². The number of hydrogen-bond acceptors (Lipinski definition) is 5. The topological polar surface area (TPSA) is 69.6 Å². The molecular weight excluding hydrogens is 394 g/mol. The highest BCUT2D eigenvalue weighted by atomic mass is 16.5. The molecule has 0 bridgehead atoms. The molecule has 1 aromatic carbocycles. The third-order valence-electron chi connectivity index (χ3n) is 5.65. The first-order valence-corrected chi connectivity index (χ1v) is 11.4. The minimum absolute atomic E-state index is 0.0119. The zero-order chi connectivity index (χ0) is 22.1. The molecule has 0 spiro atoms. The fourth-order valence-corrected chi connectivity index (χ4v) is 3.81. The Morgan fingerprint density at radius 1 is 1.13 bits per heavy atom. The van der Waals surface area contributed by atoms with Crippen molar-refractivity contribution in [3.63, 3.8) is 0 Å². The quantitative estimate of drug-likeness (QED) is 0.517. The Morgan fingerprint density at radius 2 is 1.84 bits per heavy atom. The van der Waals surface area contributed by atoms with Gasteiger partial charge in [0, 0.05) is 45.8 Å². The van der Waals surface area contributed by atoms with E-state index in [1.54, 1.807) is 0 Å². The van der Waals surface area contributed by atoms with Crippen LogP contribution in [0.1, 0.15) is 19.4 Å². The lowest BCUT2D eigenvalue weighted by Crippen LogP contribution is -2.55. The molecule has 1 N–H and O–H groups in total. The van der Waals surface area contributed by atoms with Crippen LogP contribution in [0.25, 0.3) is 0 Å². The van der Waals surface area contributed by atoms with Gasteiger partial charge >= 0.3 is 0 Å². The van der Waals surface area contributed by atoms with Crippen molar-refractivity contribution in [3.8, 4) is 5.75 Å². The van der Waals surface area contributed by atoms with Crippen molar-refractivity contribution in [2.45, 2.75) is 26.9 Å². The molecule has 2 aliphatic rings. The van der Waals surface area contributed by atoms with E-state index in [0.717, 1.165) is 50.0 Å². The number of amides is 1. The second-order valence-electron chi connectivity index (χ2n) is 8.14. The molecular formula is C23H37N5O3. The van der Waals surface area contributed by atoms with Crippen LogP contribution in [0.3, 0.4) is 0 Å². The van der Waals surface area contributed by atoms with E-state index >= 15 is 0 Å². The summed E-state index contributed by atoms with van der Waals surface area (Å²) in [5.41, 5.74) is 1.13. The number of carbonyl (C=O) groups excluding carboxylic acids is 1. The van der Waals surface area contributed by atoms with Crippen LogP contribution in [-0.2, 0) is 9.53 Å². The van der Waals surface area contributed by atoms with Gasteiger partial charge in [-0.3, -0.25) is 9.69 Å².